The first-order valence-electron chi connectivity index (χ1n) is 9.80. The highest BCUT2D eigenvalue weighted by atomic mass is 16.5. The molecule has 162 valence electrons. The highest BCUT2D eigenvalue weighted by molar-refractivity contribution is 6.01. The number of nitrogens with one attached hydrogen (secondary N) is 1. The number of benzene rings is 2. The van der Waals surface area contributed by atoms with Crippen LogP contribution in [-0.4, -0.2) is 49.2 Å². The Morgan fingerprint density at radius 3 is 2.56 bits per heavy atom. The van der Waals surface area contributed by atoms with E-state index in [4.69, 9.17) is 4.74 Å². The lowest BCUT2D eigenvalue weighted by molar-refractivity contribution is -0.139. The molecule has 0 radical (unpaired) electrons. The fourth-order valence-corrected chi connectivity index (χ4v) is 3.30. The number of aromatic nitrogens is 4. The minimum Gasteiger partial charge on any atom is -0.481 e. The second kappa shape index (κ2) is 9.21. The molecule has 2 aromatic carbocycles. The summed E-state index contributed by atoms with van der Waals surface area (Å²) in [4.78, 5) is 36.2. The van der Waals surface area contributed by atoms with Crippen LogP contribution < -0.4 is 5.32 Å². The molecule has 10 heteroatoms. The molecule has 1 aliphatic rings. The molecule has 1 unspecified atom stereocenters. The predicted molar refractivity (Wildman–Crippen MR) is 112 cm³/mol. The molecule has 1 amide bonds. The molecule has 0 aliphatic heterocycles. The summed E-state index contributed by atoms with van der Waals surface area (Å²) in [6.45, 7) is -0.315. The van der Waals surface area contributed by atoms with Crippen LogP contribution >= 0.6 is 0 Å². The van der Waals surface area contributed by atoms with Crippen LogP contribution in [0.15, 0.2) is 54.6 Å². The molecule has 2 N–H and O–H groups in total. The zero-order valence-corrected chi connectivity index (χ0v) is 16.8. The summed E-state index contributed by atoms with van der Waals surface area (Å²) in [5.41, 5.74) is 3.54. The number of hydrogen-bond donors (Lipinski definition) is 2. The van der Waals surface area contributed by atoms with Gasteiger partial charge in [0.15, 0.2) is 11.6 Å². The summed E-state index contributed by atoms with van der Waals surface area (Å²) in [5, 5.41) is 23.0. The lowest BCUT2D eigenvalue weighted by Crippen LogP contribution is -2.44. The second-order valence-electron chi connectivity index (χ2n) is 7.13. The first kappa shape index (κ1) is 20.9. The average Bonchev–Trinajstić information content (AvgIpc) is 3.20. The number of aliphatic carboxylic acids is 1. The maximum absolute atomic E-state index is 12.8. The van der Waals surface area contributed by atoms with Gasteiger partial charge in [-0.3, -0.25) is 9.59 Å². The number of ether oxygens (including phenoxy) is 1. The number of alkyl carbamates (subject to hydrolysis) is 1. The first-order valence-corrected chi connectivity index (χ1v) is 9.80. The smallest absolute Gasteiger partial charge is 0.408 e. The number of amides is 1. The highest BCUT2D eigenvalue weighted by Gasteiger charge is 2.28. The SMILES string of the molecule is O=C(O)CC(NC(=O)OCc1ccccc1)C(=O)Cn1nnnc1C1=Cc2ccccc21. The molecule has 32 heavy (non-hydrogen) atoms. The van der Waals surface area contributed by atoms with Gasteiger partial charge in [0.25, 0.3) is 0 Å². The van der Waals surface area contributed by atoms with E-state index in [0.717, 1.165) is 22.3 Å². The van der Waals surface area contributed by atoms with Crippen LogP contribution in [0.4, 0.5) is 4.79 Å². The van der Waals surface area contributed by atoms with Crippen molar-refractivity contribution < 1.29 is 24.2 Å². The highest BCUT2D eigenvalue weighted by Crippen LogP contribution is 2.35. The maximum Gasteiger partial charge on any atom is 0.408 e. The van der Waals surface area contributed by atoms with Crippen LogP contribution in [0.3, 0.4) is 0 Å². The number of Topliss-reactive ketones (excluding diaryl/α,β-unsaturated/α-hetero) is 1. The number of tetrazole rings is 1. The Hall–Kier alpha value is -4.34. The van der Waals surface area contributed by atoms with Crippen LogP contribution in [0.2, 0.25) is 0 Å². The number of hydrogen-bond acceptors (Lipinski definition) is 7. The molecule has 1 heterocycles. The first-order chi connectivity index (χ1) is 15.5. The van der Waals surface area contributed by atoms with Gasteiger partial charge in [0.2, 0.25) is 0 Å². The Kier molecular flexibility index (Phi) is 6.02. The molecule has 0 saturated carbocycles. The summed E-state index contributed by atoms with van der Waals surface area (Å²) >= 11 is 0. The number of carbonyl (C=O) groups excluding carboxylic acids is 2. The Bertz CT molecular complexity index is 1190. The molecule has 1 aliphatic carbocycles. The van der Waals surface area contributed by atoms with Crippen molar-refractivity contribution in [2.24, 2.45) is 0 Å². The topological polar surface area (TPSA) is 136 Å². The van der Waals surface area contributed by atoms with Gasteiger partial charge in [-0.25, -0.2) is 9.48 Å². The average molecular weight is 433 g/mol. The molecule has 1 aromatic heterocycles. The summed E-state index contributed by atoms with van der Waals surface area (Å²) < 4.78 is 6.39. The van der Waals surface area contributed by atoms with Gasteiger partial charge in [-0.05, 0) is 33.2 Å². The van der Waals surface area contributed by atoms with Crippen molar-refractivity contribution in [3.8, 4) is 0 Å². The Morgan fingerprint density at radius 2 is 1.81 bits per heavy atom. The second-order valence-corrected chi connectivity index (χ2v) is 7.13. The normalized spacial score (nSPS) is 12.7. The van der Waals surface area contributed by atoms with Gasteiger partial charge in [-0.15, -0.1) is 5.10 Å². The minimum absolute atomic E-state index is 0.00857. The molecule has 4 rings (SSSR count). The van der Waals surface area contributed by atoms with Crippen LogP contribution in [0.1, 0.15) is 28.9 Å². The van der Waals surface area contributed by atoms with Gasteiger partial charge in [-0.2, -0.15) is 0 Å². The zero-order chi connectivity index (χ0) is 22.5. The van der Waals surface area contributed by atoms with E-state index in [1.165, 1.54) is 4.68 Å². The number of carboxylic acids is 1. The van der Waals surface area contributed by atoms with E-state index in [1.807, 2.05) is 36.4 Å². The summed E-state index contributed by atoms with van der Waals surface area (Å²) in [5.74, 6) is -1.41. The summed E-state index contributed by atoms with van der Waals surface area (Å²) in [7, 11) is 0. The number of carboxylic acid groups (broad SMARTS) is 1. The van der Waals surface area contributed by atoms with Crippen molar-refractivity contribution in [2.75, 3.05) is 0 Å². The zero-order valence-electron chi connectivity index (χ0n) is 16.8. The quantitative estimate of drug-likeness (QED) is 0.408. The monoisotopic (exact) mass is 433 g/mol. The van der Waals surface area contributed by atoms with Crippen molar-refractivity contribution in [1.29, 1.82) is 0 Å². The lowest BCUT2D eigenvalue weighted by atomic mass is 9.88. The third kappa shape index (κ3) is 4.69. The Labute approximate surface area is 182 Å². The van der Waals surface area contributed by atoms with Crippen LogP contribution in [0.25, 0.3) is 11.6 Å². The third-order valence-corrected chi connectivity index (χ3v) is 4.90. The fourth-order valence-electron chi connectivity index (χ4n) is 3.30. The summed E-state index contributed by atoms with van der Waals surface area (Å²) in [6, 6.07) is 15.4. The lowest BCUT2D eigenvalue weighted by Gasteiger charge is -2.20. The molecule has 1 atom stereocenters. The van der Waals surface area contributed by atoms with E-state index >= 15 is 0 Å². The van der Waals surface area contributed by atoms with E-state index in [-0.39, 0.29) is 13.2 Å². The minimum atomic E-state index is -1.30. The molecule has 0 fully saturated rings. The van der Waals surface area contributed by atoms with Gasteiger partial charge < -0.3 is 15.2 Å². The Morgan fingerprint density at radius 1 is 1.06 bits per heavy atom. The fraction of sp³-hybridized carbons (Fsp3) is 0.182. The Balaban J connectivity index is 1.41. The van der Waals surface area contributed by atoms with E-state index in [9.17, 15) is 19.5 Å². The van der Waals surface area contributed by atoms with Crippen LogP contribution in [-0.2, 0) is 27.5 Å². The van der Waals surface area contributed by atoms with Gasteiger partial charge >= 0.3 is 12.1 Å². The maximum atomic E-state index is 12.8. The number of nitrogens with zero attached hydrogens (tertiary/aromatic N) is 4. The molecule has 0 saturated heterocycles. The molecule has 0 spiro atoms. The molecule has 0 bridgehead atoms. The number of carbonyl (C=O) groups is 3. The van der Waals surface area contributed by atoms with Gasteiger partial charge in [-0.1, -0.05) is 54.6 Å². The van der Waals surface area contributed by atoms with E-state index in [2.05, 4.69) is 20.8 Å². The van der Waals surface area contributed by atoms with E-state index in [0.29, 0.717) is 5.82 Å². The van der Waals surface area contributed by atoms with Gasteiger partial charge in [0.05, 0.1) is 6.42 Å². The number of fused-ring (bicyclic) bond motifs is 1. The molecular weight excluding hydrogens is 414 g/mol. The third-order valence-electron chi connectivity index (χ3n) is 4.90. The van der Waals surface area contributed by atoms with Gasteiger partial charge in [0.1, 0.15) is 19.2 Å². The molecular formula is C22H19N5O5. The number of rotatable bonds is 9. The van der Waals surface area contributed by atoms with Crippen molar-refractivity contribution in [3.05, 3.63) is 77.1 Å². The molecule has 3 aromatic rings. The van der Waals surface area contributed by atoms with E-state index in [1.54, 1.807) is 24.3 Å². The number of ketones is 1. The van der Waals surface area contributed by atoms with Crippen molar-refractivity contribution in [1.82, 2.24) is 25.5 Å². The largest absolute Gasteiger partial charge is 0.481 e. The van der Waals surface area contributed by atoms with Crippen molar-refractivity contribution in [3.63, 3.8) is 0 Å². The van der Waals surface area contributed by atoms with Crippen molar-refractivity contribution >= 4 is 29.5 Å². The van der Waals surface area contributed by atoms with Crippen molar-refractivity contribution in [2.45, 2.75) is 25.6 Å². The standard InChI is InChI=1S/C22H19N5O5/c28-19(12-27-21(24-25-26-27)17-10-15-8-4-5-9-16(15)17)18(11-20(29)30)23-22(31)32-13-14-6-2-1-3-7-14/h1-10,18H,11-13H2,(H,23,31)(H,29,30). The summed E-state index contributed by atoms with van der Waals surface area (Å²) in [6.07, 6.45) is 0.416. The van der Waals surface area contributed by atoms with E-state index < -0.39 is 30.3 Å². The van der Waals surface area contributed by atoms with Crippen LogP contribution in [0.5, 0.6) is 0 Å². The molecule has 10 nitrogen and oxygen atoms in total. The van der Waals surface area contributed by atoms with Gasteiger partial charge in [0, 0.05) is 5.57 Å². The van der Waals surface area contributed by atoms with Crippen LogP contribution in [0, 0.1) is 0 Å². The predicted octanol–water partition coefficient (Wildman–Crippen LogP) is 1.91.